The van der Waals surface area contributed by atoms with Crippen LogP contribution in [0.3, 0.4) is 0 Å². The summed E-state index contributed by atoms with van der Waals surface area (Å²) in [6.07, 6.45) is 0.973. The molecule has 10 nitrogen and oxygen atoms in total. The molecule has 0 bridgehead atoms. The Balaban J connectivity index is 1.45. The predicted octanol–water partition coefficient (Wildman–Crippen LogP) is 0.605. The third-order valence-electron chi connectivity index (χ3n) is 7.91. The van der Waals surface area contributed by atoms with Gasteiger partial charge in [0, 0.05) is 44.0 Å². The van der Waals surface area contributed by atoms with E-state index in [2.05, 4.69) is 15.5 Å². The molecule has 3 aliphatic heterocycles. The van der Waals surface area contributed by atoms with E-state index in [4.69, 9.17) is 5.73 Å². The van der Waals surface area contributed by atoms with E-state index in [1.54, 1.807) is 21.9 Å². The molecule has 4 rings (SSSR count). The normalized spacial score (nSPS) is 23.1. The average Bonchev–Trinajstić information content (AvgIpc) is 3.48. The zero-order valence-corrected chi connectivity index (χ0v) is 23.0. The van der Waals surface area contributed by atoms with Crippen molar-refractivity contribution in [3.63, 3.8) is 0 Å². The van der Waals surface area contributed by atoms with Crippen LogP contribution in [-0.4, -0.2) is 96.7 Å². The molecule has 1 aromatic carbocycles. The van der Waals surface area contributed by atoms with Gasteiger partial charge >= 0.3 is 0 Å². The van der Waals surface area contributed by atoms with Gasteiger partial charge in [-0.3, -0.25) is 19.2 Å². The van der Waals surface area contributed by atoms with Gasteiger partial charge in [0.25, 0.3) is 5.91 Å². The maximum absolute atomic E-state index is 13.7. The molecule has 3 saturated heterocycles. The Hall–Kier alpha value is -2.98. The quantitative estimate of drug-likeness (QED) is 0.453. The lowest BCUT2D eigenvalue weighted by Gasteiger charge is -2.30. The van der Waals surface area contributed by atoms with Gasteiger partial charge in [-0.05, 0) is 48.9 Å². The van der Waals surface area contributed by atoms with E-state index < -0.39 is 18.1 Å². The van der Waals surface area contributed by atoms with Crippen molar-refractivity contribution in [1.82, 2.24) is 20.4 Å². The molecule has 3 heterocycles. The number of nitrogens with one attached hydrogen (secondary N) is 2. The van der Waals surface area contributed by atoms with E-state index >= 15 is 0 Å². The van der Waals surface area contributed by atoms with Gasteiger partial charge in [0.1, 0.15) is 12.1 Å². The van der Waals surface area contributed by atoms with Crippen molar-refractivity contribution in [1.29, 1.82) is 0 Å². The number of anilines is 1. The van der Waals surface area contributed by atoms with Gasteiger partial charge in [0.15, 0.2) is 5.78 Å². The second-order valence-electron chi connectivity index (χ2n) is 11.5. The van der Waals surface area contributed by atoms with Crippen LogP contribution in [0.4, 0.5) is 5.69 Å². The van der Waals surface area contributed by atoms with Gasteiger partial charge in [-0.1, -0.05) is 27.7 Å². The maximum atomic E-state index is 13.7. The summed E-state index contributed by atoms with van der Waals surface area (Å²) in [5.74, 6) is -0.877. The number of hydrogen-bond donors (Lipinski definition) is 3. The van der Waals surface area contributed by atoms with Crippen LogP contribution >= 0.6 is 0 Å². The second-order valence-corrected chi connectivity index (χ2v) is 11.5. The molecule has 0 radical (unpaired) electrons. The van der Waals surface area contributed by atoms with Crippen molar-refractivity contribution >= 4 is 29.2 Å². The van der Waals surface area contributed by atoms with Crippen LogP contribution in [0.15, 0.2) is 24.3 Å². The van der Waals surface area contributed by atoms with Crippen LogP contribution in [0.5, 0.6) is 0 Å². The molecule has 38 heavy (non-hydrogen) atoms. The summed E-state index contributed by atoms with van der Waals surface area (Å²) >= 11 is 0. The summed E-state index contributed by atoms with van der Waals surface area (Å²) in [4.78, 5) is 58.3. The number of amides is 3. The molecule has 0 aromatic heterocycles. The highest BCUT2D eigenvalue weighted by atomic mass is 16.2. The van der Waals surface area contributed by atoms with Gasteiger partial charge in [0.2, 0.25) is 11.8 Å². The maximum Gasteiger partial charge on any atom is 0.251 e. The second kappa shape index (κ2) is 11.8. The molecule has 3 aliphatic rings. The summed E-state index contributed by atoms with van der Waals surface area (Å²) in [5, 5.41) is 6.27. The highest BCUT2D eigenvalue weighted by Crippen LogP contribution is 2.31. The molecule has 1 aromatic rings. The lowest BCUT2D eigenvalue weighted by Crippen LogP contribution is -2.53. The zero-order valence-electron chi connectivity index (χ0n) is 23.0. The summed E-state index contributed by atoms with van der Waals surface area (Å²) in [6.45, 7) is 11.8. The first-order chi connectivity index (χ1) is 18.1. The number of ketones is 1. The number of rotatable bonds is 8. The van der Waals surface area contributed by atoms with E-state index in [0.717, 1.165) is 31.9 Å². The van der Waals surface area contributed by atoms with Crippen molar-refractivity contribution < 1.29 is 19.2 Å². The van der Waals surface area contributed by atoms with Gasteiger partial charge in [0.05, 0.1) is 18.6 Å². The third kappa shape index (κ3) is 5.86. The monoisotopic (exact) mass is 526 g/mol. The minimum absolute atomic E-state index is 0.0288. The van der Waals surface area contributed by atoms with Gasteiger partial charge in [-0.15, -0.1) is 0 Å². The van der Waals surface area contributed by atoms with Gasteiger partial charge in [-0.25, -0.2) is 0 Å². The lowest BCUT2D eigenvalue weighted by molar-refractivity contribution is -0.138. The number of fused-ring (bicyclic) bond motifs is 1. The van der Waals surface area contributed by atoms with Crippen LogP contribution in [0.1, 0.15) is 50.9 Å². The summed E-state index contributed by atoms with van der Waals surface area (Å²) in [5.41, 5.74) is 7.65. The van der Waals surface area contributed by atoms with Gasteiger partial charge < -0.3 is 31.1 Å². The molecule has 3 fully saturated rings. The first kappa shape index (κ1) is 28.0. The number of piperazine rings is 1. The topological polar surface area (TPSA) is 128 Å². The third-order valence-corrected chi connectivity index (χ3v) is 7.91. The van der Waals surface area contributed by atoms with Crippen molar-refractivity contribution in [3.8, 4) is 0 Å². The molecule has 4 N–H and O–H groups in total. The van der Waals surface area contributed by atoms with Crippen LogP contribution in [0.2, 0.25) is 0 Å². The first-order valence-electron chi connectivity index (χ1n) is 13.8. The number of likely N-dealkylation sites (tertiary alicyclic amines) is 2. The number of hydrogen-bond acceptors (Lipinski definition) is 7. The largest absolute Gasteiger partial charge is 0.369 e. The van der Waals surface area contributed by atoms with E-state index in [1.165, 1.54) is 0 Å². The highest BCUT2D eigenvalue weighted by Gasteiger charge is 2.52. The number of Topliss-reactive ketones (excluding diaryl/α,β-unsaturated/α-hetero) is 1. The van der Waals surface area contributed by atoms with Crippen molar-refractivity contribution in [3.05, 3.63) is 29.8 Å². The van der Waals surface area contributed by atoms with E-state index in [9.17, 15) is 19.2 Å². The fourth-order valence-corrected chi connectivity index (χ4v) is 5.72. The SMILES string of the molecule is CC(C)CC(NC(=O)c1ccc(N2CCNCC2)cc1)C(=O)N1CCC2C1C(=O)CN2C(=O)C(N)C(C)C. The Kier molecular flexibility index (Phi) is 8.72. The fraction of sp³-hybridized carbons (Fsp3) is 0.643. The van der Waals surface area contributed by atoms with Crippen LogP contribution in [0, 0.1) is 11.8 Å². The Morgan fingerprint density at radius 3 is 2.26 bits per heavy atom. The number of carbonyl (C=O) groups is 4. The smallest absolute Gasteiger partial charge is 0.251 e. The standard InChI is InChI=1S/C28H42N6O4/c1-17(2)15-21(31-26(36)19-5-7-20(8-6-19)32-13-10-30-11-14-32)27(37)33-12-9-22-25(33)23(35)16-34(22)28(38)24(29)18(3)4/h5-8,17-18,21-22,24-25,30H,9-16,29H2,1-4H3,(H,31,36). The molecule has 4 atom stereocenters. The van der Waals surface area contributed by atoms with Crippen molar-refractivity contribution in [2.75, 3.05) is 44.2 Å². The zero-order chi connectivity index (χ0) is 27.6. The molecule has 10 heteroatoms. The number of carbonyl (C=O) groups excluding carboxylic acids is 4. The van der Waals surface area contributed by atoms with E-state index in [1.807, 2.05) is 39.8 Å². The highest BCUT2D eigenvalue weighted by molar-refractivity contribution is 6.01. The average molecular weight is 527 g/mol. The van der Waals surface area contributed by atoms with Crippen molar-refractivity contribution in [2.24, 2.45) is 17.6 Å². The first-order valence-corrected chi connectivity index (χ1v) is 13.8. The lowest BCUT2D eigenvalue weighted by atomic mass is 10.0. The number of nitrogens with two attached hydrogens (primary N) is 1. The van der Waals surface area contributed by atoms with E-state index in [-0.39, 0.29) is 47.9 Å². The van der Waals surface area contributed by atoms with Crippen LogP contribution in [-0.2, 0) is 14.4 Å². The molecular formula is C28H42N6O4. The Morgan fingerprint density at radius 1 is 1.00 bits per heavy atom. The Morgan fingerprint density at radius 2 is 1.66 bits per heavy atom. The molecule has 208 valence electrons. The van der Waals surface area contributed by atoms with Gasteiger partial charge in [-0.2, -0.15) is 0 Å². The van der Waals surface area contributed by atoms with E-state index in [0.29, 0.717) is 24.9 Å². The predicted molar refractivity (Wildman–Crippen MR) is 146 cm³/mol. The van der Waals surface area contributed by atoms with Crippen LogP contribution < -0.4 is 21.3 Å². The number of nitrogens with zero attached hydrogens (tertiary/aromatic N) is 3. The molecule has 0 spiro atoms. The molecular weight excluding hydrogens is 484 g/mol. The van der Waals surface area contributed by atoms with Crippen molar-refractivity contribution in [2.45, 2.75) is 64.7 Å². The summed E-state index contributed by atoms with van der Waals surface area (Å²) in [7, 11) is 0. The molecule has 4 unspecified atom stereocenters. The minimum Gasteiger partial charge on any atom is -0.369 e. The fourth-order valence-electron chi connectivity index (χ4n) is 5.72. The molecule has 0 aliphatic carbocycles. The summed E-state index contributed by atoms with van der Waals surface area (Å²) in [6, 6.07) is 4.97. The summed E-state index contributed by atoms with van der Waals surface area (Å²) < 4.78 is 0. The number of benzene rings is 1. The van der Waals surface area contributed by atoms with Crippen LogP contribution in [0.25, 0.3) is 0 Å². The molecule has 0 saturated carbocycles. The minimum atomic E-state index is -0.760. The Bertz CT molecular complexity index is 1040. The Labute approximate surface area is 225 Å². The molecule has 3 amide bonds.